The molecule has 0 bridgehead atoms. The number of pyridine rings is 1. The quantitative estimate of drug-likeness (QED) is 0.771. The first kappa shape index (κ1) is 14.6. The van der Waals surface area contributed by atoms with Crippen LogP contribution in [0.1, 0.15) is 24.1 Å². The highest BCUT2D eigenvalue weighted by atomic mass is 35.5. The zero-order valence-electron chi connectivity index (χ0n) is 10.7. The summed E-state index contributed by atoms with van der Waals surface area (Å²) in [6.07, 6.45) is -3.27. The molecule has 6 heteroatoms. The summed E-state index contributed by atoms with van der Waals surface area (Å²) in [6.45, 7) is 3.11. The molecule has 2 rings (SSSR count). The van der Waals surface area contributed by atoms with Crippen molar-refractivity contribution in [2.75, 3.05) is 13.1 Å². The van der Waals surface area contributed by atoms with E-state index in [4.69, 9.17) is 11.6 Å². The Labute approximate surface area is 115 Å². The molecule has 19 heavy (non-hydrogen) atoms. The van der Waals surface area contributed by atoms with Crippen LogP contribution < -0.4 is 0 Å². The van der Waals surface area contributed by atoms with E-state index in [-0.39, 0.29) is 13.0 Å². The van der Waals surface area contributed by atoms with Crippen LogP contribution in [-0.4, -0.2) is 29.1 Å². The maximum atomic E-state index is 12.7. The number of aromatic nitrogens is 1. The highest BCUT2D eigenvalue weighted by Crippen LogP contribution is 2.33. The maximum Gasteiger partial charge on any atom is 0.393 e. The van der Waals surface area contributed by atoms with Crippen molar-refractivity contribution in [3.05, 3.63) is 28.5 Å². The fourth-order valence-electron chi connectivity index (χ4n) is 2.43. The second-order valence-corrected chi connectivity index (χ2v) is 5.38. The van der Waals surface area contributed by atoms with Crippen molar-refractivity contribution in [3.63, 3.8) is 0 Å². The average molecular weight is 293 g/mol. The van der Waals surface area contributed by atoms with Gasteiger partial charge < -0.3 is 0 Å². The van der Waals surface area contributed by atoms with Crippen LogP contribution in [0.3, 0.4) is 0 Å². The van der Waals surface area contributed by atoms with Gasteiger partial charge in [0.2, 0.25) is 0 Å². The van der Waals surface area contributed by atoms with Crippen molar-refractivity contribution < 1.29 is 13.2 Å². The van der Waals surface area contributed by atoms with Crippen LogP contribution in [0.25, 0.3) is 0 Å². The van der Waals surface area contributed by atoms with Crippen molar-refractivity contribution in [3.8, 4) is 0 Å². The minimum atomic E-state index is -4.09. The molecule has 0 aromatic carbocycles. The van der Waals surface area contributed by atoms with E-state index in [1.165, 1.54) is 0 Å². The molecule has 0 N–H and O–H groups in total. The smallest absolute Gasteiger partial charge is 0.298 e. The number of likely N-dealkylation sites (tertiary alicyclic amines) is 1. The Hall–Kier alpha value is -0.810. The molecule has 1 aromatic heterocycles. The van der Waals surface area contributed by atoms with E-state index < -0.39 is 12.1 Å². The lowest BCUT2D eigenvalue weighted by Gasteiger charge is -2.33. The van der Waals surface area contributed by atoms with Gasteiger partial charge in [0, 0.05) is 18.8 Å². The van der Waals surface area contributed by atoms with Gasteiger partial charge in [0.25, 0.3) is 0 Å². The number of rotatable bonds is 2. The van der Waals surface area contributed by atoms with Crippen LogP contribution in [0.4, 0.5) is 13.2 Å². The predicted octanol–water partition coefficient (Wildman–Crippen LogP) is 3.82. The fraction of sp³-hybridized carbons (Fsp3) is 0.615. The molecule has 2 heterocycles. The van der Waals surface area contributed by atoms with Gasteiger partial charge in [0.05, 0.1) is 5.92 Å². The first-order chi connectivity index (χ1) is 8.86. The van der Waals surface area contributed by atoms with Gasteiger partial charge >= 0.3 is 6.18 Å². The molecule has 1 aromatic rings. The van der Waals surface area contributed by atoms with E-state index in [1.807, 2.05) is 17.9 Å². The number of alkyl halides is 3. The number of hydrogen-bond donors (Lipinski definition) is 0. The summed E-state index contributed by atoms with van der Waals surface area (Å²) in [5, 5.41) is 0.410. The molecule has 1 aliphatic heterocycles. The molecular weight excluding hydrogens is 277 g/mol. The topological polar surface area (TPSA) is 16.1 Å². The third-order valence-corrected chi connectivity index (χ3v) is 3.73. The number of hydrogen-bond acceptors (Lipinski definition) is 2. The van der Waals surface area contributed by atoms with Gasteiger partial charge in [-0.3, -0.25) is 4.90 Å². The van der Waals surface area contributed by atoms with Crippen molar-refractivity contribution in [2.45, 2.75) is 32.5 Å². The first-order valence-corrected chi connectivity index (χ1v) is 6.65. The molecule has 106 valence electrons. The SMILES string of the molecule is Cc1nc(Cl)ccc1CN1CCCC(C(F)(F)F)C1. The second kappa shape index (κ2) is 5.67. The van der Waals surface area contributed by atoms with Gasteiger partial charge in [-0.25, -0.2) is 4.98 Å². The molecule has 0 spiro atoms. The molecule has 1 aliphatic rings. The minimum absolute atomic E-state index is 0.0750. The zero-order valence-corrected chi connectivity index (χ0v) is 11.4. The molecule has 0 amide bonds. The van der Waals surface area contributed by atoms with Crippen LogP contribution in [-0.2, 0) is 6.54 Å². The molecule has 1 saturated heterocycles. The number of halogens is 4. The van der Waals surface area contributed by atoms with Crippen LogP contribution >= 0.6 is 11.6 Å². The van der Waals surface area contributed by atoms with Crippen molar-refractivity contribution in [1.82, 2.24) is 9.88 Å². The van der Waals surface area contributed by atoms with Crippen LogP contribution in [0.15, 0.2) is 12.1 Å². The molecule has 1 fully saturated rings. The van der Waals surface area contributed by atoms with Crippen LogP contribution in [0.5, 0.6) is 0 Å². The Kier molecular flexibility index (Phi) is 4.36. The summed E-state index contributed by atoms with van der Waals surface area (Å²) in [5.41, 5.74) is 1.72. The summed E-state index contributed by atoms with van der Waals surface area (Å²) < 4.78 is 38.2. The molecule has 1 atom stereocenters. The Balaban J connectivity index is 2.03. The average Bonchev–Trinajstić information content (AvgIpc) is 2.32. The Morgan fingerprint density at radius 3 is 2.79 bits per heavy atom. The lowest BCUT2D eigenvalue weighted by molar-refractivity contribution is -0.187. The van der Waals surface area contributed by atoms with Gasteiger partial charge in [-0.2, -0.15) is 13.2 Å². The summed E-state index contributed by atoms with van der Waals surface area (Å²) in [7, 11) is 0. The standard InChI is InChI=1S/C13H16ClF3N2/c1-9-10(4-5-12(14)18-9)7-19-6-2-3-11(8-19)13(15,16)17/h4-5,11H,2-3,6-8H2,1H3. The van der Waals surface area contributed by atoms with E-state index in [9.17, 15) is 13.2 Å². The maximum absolute atomic E-state index is 12.7. The molecular formula is C13H16ClF3N2. The van der Waals surface area contributed by atoms with Gasteiger partial charge in [-0.1, -0.05) is 17.7 Å². The largest absolute Gasteiger partial charge is 0.393 e. The Morgan fingerprint density at radius 1 is 1.42 bits per heavy atom. The monoisotopic (exact) mass is 292 g/mol. The number of aryl methyl sites for hydroxylation is 1. The Bertz CT molecular complexity index is 448. The fourth-order valence-corrected chi connectivity index (χ4v) is 2.62. The Morgan fingerprint density at radius 2 is 2.16 bits per heavy atom. The normalized spacial score (nSPS) is 21.6. The molecule has 1 unspecified atom stereocenters. The second-order valence-electron chi connectivity index (χ2n) is 4.99. The van der Waals surface area contributed by atoms with E-state index in [2.05, 4.69) is 4.98 Å². The van der Waals surface area contributed by atoms with E-state index >= 15 is 0 Å². The van der Waals surface area contributed by atoms with Gasteiger partial charge in [0.15, 0.2) is 0 Å². The minimum Gasteiger partial charge on any atom is -0.298 e. The summed E-state index contributed by atoms with van der Waals surface area (Å²) in [5.74, 6) is -1.21. The lowest BCUT2D eigenvalue weighted by Crippen LogP contribution is -2.41. The summed E-state index contributed by atoms with van der Waals surface area (Å²) >= 11 is 5.77. The van der Waals surface area contributed by atoms with Crippen LogP contribution in [0, 0.1) is 12.8 Å². The third-order valence-electron chi connectivity index (χ3n) is 3.52. The lowest BCUT2D eigenvalue weighted by atomic mass is 9.97. The highest BCUT2D eigenvalue weighted by molar-refractivity contribution is 6.29. The van der Waals surface area contributed by atoms with Crippen molar-refractivity contribution in [1.29, 1.82) is 0 Å². The molecule has 0 radical (unpaired) electrons. The molecule has 0 saturated carbocycles. The van der Waals surface area contributed by atoms with Crippen molar-refractivity contribution >= 4 is 11.6 Å². The van der Waals surface area contributed by atoms with Gasteiger partial charge in [0.1, 0.15) is 5.15 Å². The highest BCUT2D eigenvalue weighted by Gasteiger charge is 2.41. The van der Waals surface area contributed by atoms with E-state index in [0.29, 0.717) is 24.7 Å². The van der Waals surface area contributed by atoms with Gasteiger partial charge in [-0.15, -0.1) is 0 Å². The number of nitrogens with zero attached hydrogens (tertiary/aromatic N) is 2. The van der Waals surface area contributed by atoms with Gasteiger partial charge in [-0.05, 0) is 37.9 Å². The number of piperidine rings is 1. The van der Waals surface area contributed by atoms with E-state index in [0.717, 1.165) is 11.3 Å². The summed E-state index contributed by atoms with van der Waals surface area (Å²) in [6, 6.07) is 3.51. The van der Waals surface area contributed by atoms with Crippen molar-refractivity contribution in [2.24, 2.45) is 5.92 Å². The molecule has 0 aliphatic carbocycles. The van der Waals surface area contributed by atoms with E-state index in [1.54, 1.807) is 6.07 Å². The van der Waals surface area contributed by atoms with Crippen LogP contribution in [0.2, 0.25) is 5.15 Å². The summed E-state index contributed by atoms with van der Waals surface area (Å²) in [4.78, 5) is 5.97. The third kappa shape index (κ3) is 3.83. The predicted molar refractivity (Wildman–Crippen MR) is 68.0 cm³/mol. The molecule has 2 nitrogen and oxygen atoms in total. The zero-order chi connectivity index (χ0) is 14.0. The first-order valence-electron chi connectivity index (χ1n) is 6.27.